The molecular weight excluding hydrogens is 355 g/mol. The first kappa shape index (κ1) is 20.0. The topological polar surface area (TPSA) is 59.3 Å². The van der Waals surface area contributed by atoms with Gasteiger partial charge in [0.2, 0.25) is 5.91 Å². The van der Waals surface area contributed by atoms with Gasteiger partial charge in [-0.3, -0.25) is 4.79 Å². The van der Waals surface area contributed by atoms with E-state index in [4.69, 9.17) is 4.98 Å². The summed E-state index contributed by atoms with van der Waals surface area (Å²) in [6.07, 6.45) is 1.95. The Balaban J connectivity index is 1.95. The van der Waals surface area contributed by atoms with Crippen LogP contribution in [-0.4, -0.2) is 26.5 Å². The number of hydrogen-bond acceptors (Lipinski definition) is 3. The number of benzene rings is 1. The number of amides is 1. The standard InChI is InChI=1S/C22H27FN4O/c1-6-13(2)24-20(28)12-11-19-14(3)25-22-21(15(4)26-27(22)16(19)5)17-7-9-18(23)10-8-17/h7-10,13H,6,11-12H2,1-5H3,(H,24,28). The van der Waals surface area contributed by atoms with Gasteiger partial charge in [0.15, 0.2) is 5.65 Å². The normalized spacial score (nSPS) is 12.4. The van der Waals surface area contributed by atoms with Gasteiger partial charge in [-0.05, 0) is 63.8 Å². The summed E-state index contributed by atoms with van der Waals surface area (Å²) in [6, 6.07) is 6.57. The molecule has 0 radical (unpaired) electrons. The van der Waals surface area contributed by atoms with Gasteiger partial charge < -0.3 is 5.32 Å². The van der Waals surface area contributed by atoms with Crippen LogP contribution in [0.2, 0.25) is 0 Å². The zero-order valence-corrected chi connectivity index (χ0v) is 17.1. The Morgan fingerprint density at radius 1 is 1.18 bits per heavy atom. The summed E-state index contributed by atoms with van der Waals surface area (Å²) in [7, 11) is 0. The maximum atomic E-state index is 13.3. The Labute approximate surface area is 165 Å². The highest BCUT2D eigenvalue weighted by Gasteiger charge is 2.18. The minimum Gasteiger partial charge on any atom is -0.354 e. The smallest absolute Gasteiger partial charge is 0.220 e. The van der Waals surface area contributed by atoms with Gasteiger partial charge in [0.05, 0.1) is 5.69 Å². The quantitative estimate of drug-likeness (QED) is 0.691. The SMILES string of the molecule is CCC(C)NC(=O)CCc1c(C)nc2c(-c3ccc(F)cc3)c(C)nn2c1C. The third-order valence-electron chi connectivity index (χ3n) is 5.26. The van der Waals surface area contributed by atoms with E-state index in [1.807, 2.05) is 32.2 Å². The molecule has 1 aromatic carbocycles. The first-order valence-electron chi connectivity index (χ1n) is 9.72. The highest BCUT2D eigenvalue weighted by Crippen LogP contribution is 2.29. The highest BCUT2D eigenvalue weighted by atomic mass is 19.1. The van der Waals surface area contributed by atoms with Crippen LogP contribution in [-0.2, 0) is 11.2 Å². The Kier molecular flexibility index (Phi) is 5.77. The molecule has 1 amide bonds. The number of aryl methyl sites for hydroxylation is 3. The number of carbonyl (C=O) groups is 1. The third-order valence-corrected chi connectivity index (χ3v) is 5.26. The Morgan fingerprint density at radius 2 is 1.86 bits per heavy atom. The van der Waals surface area contributed by atoms with E-state index < -0.39 is 0 Å². The van der Waals surface area contributed by atoms with Gasteiger partial charge in [0, 0.05) is 29.4 Å². The Morgan fingerprint density at radius 3 is 2.50 bits per heavy atom. The molecular formula is C22H27FN4O. The molecule has 2 heterocycles. The van der Waals surface area contributed by atoms with Crippen molar-refractivity contribution < 1.29 is 9.18 Å². The molecule has 1 N–H and O–H groups in total. The fraction of sp³-hybridized carbons (Fsp3) is 0.409. The summed E-state index contributed by atoms with van der Waals surface area (Å²) >= 11 is 0. The first-order chi connectivity index (χ1) is 13.3. The molecule has 5 nitrogen and oxygen atoms in total. The minimum atomic E-state index is -0.267. The molecule has 0 aliphatic rings. The van der Waals surface area contributed by atoms with Gasteiger partial charge >= 0.3 is 0 Å². The van der Waals surface area contributed by atoms with Crippen molar-refractivity contribution >= 4 is 11.6 Å². The van der Waals surface area contributed by atoms with Crippen LogP contribution >= 0.6 is 0 Å². The number of halogens is 1. The average molecular weight is 382 g/mol. The average Bonchev–Trinajstić information content (AvgIpc) is 2.98. The maximum absolute atomic E-state index is 13.3. The Bertz CT molecular complexity index is 1010. The number of rotatable bonds is 6. The van der Waals surface area contributed by atoms with Gasteiger partial charge in [0.1, 0.15) is 5.82 Å². The van der Waals surface area contributed by atoms with Crippen molar-refractivity contribution in [3.8, 4) is 11.1 Å². The maximum Gasteiger partial charge on any atom is 0.220 e. The third kappa shape index (κ3) is 3.91. The lowest BCUT2D eigenvalue weighted by molar-refractivity contribution is -0.121. The van der Waals surface area contributed by atoms with E-state index in [1.165, 1.54) is 12.1 Å². The molecule has 1 unspecified atom stereocenters. The van der Waals surface area contributed by atoms with Crippen molar-refractivity contribution in [3.63, 3.8) is 0 Å². The lowest BCUT2D eigenvalue weighted by atomic mass is 10.0. The minimum absolute atomic E-state index is 0.0527. The predicted octanol–water partition coefficient (Wildman–Crippen LogP) is 4.31. The highest BCUT2D eigenvalue weighted by molar-refractivity contribution is 5.80. The number of carbonyl (C=O) groups excluding carboxylic acids is 1. The number of nitrogens with zero attached hydrogens (tertiary/aromatic N) is 3. The van der Waals surface area contributed by atoms with Gasteiger partial charge in [-0.2, -0.15) is 5.10 Å². The molecule has 148 valence electrons. The largest absolute Gasteiger partial charge is 0.354 e. The van der Waals surface area contributed by atoms with Crippen LogP contribution in [0, 0.1) is 26.6 Å². The van der Waals surface area contributed by atoms with Gasteiger partial charge in [-0.15, -0.1) is 0 Å². The van der Waals surface area contributed by atoms with Crippen LogP contribution in [0.4, 0.5) is 4.39 Å². The molecule has 3 rings (SSSR count). The van der Waals surface area contributed by atoms with Gasteiger partial charge in [-0.25, -0.2) is 13.9 Å². The number of fused-ring (bicyclic) bond motifs is 1. The molecule has 0 spiro atoms. The monoisotopic (exact) mass is 382 g/mol. The molecule has 0 aliphatic carbocycles. The van der Waals surface area contributed by atoms with E-state index in [-0.39, 0.29) is 17.8 Å². The Hall–Kier alpha value is -2.76. The zero-order valence-electron chi connectivity index (χ0n) is 17.1. The van der Waals surface area contributed by atoms with E-state index in [9.17, 15) is 9.18 Å². The van der Waals surface area contributed by atoms with Gasteiger partial charge in [0.25, 0.3) is 0 Å². The van der Waals surface area contributed by atoms with Crippen LogP contribution in [0.15, 0.2) is 24.3 Å². The van der Waals surface area contributed by atoms with E-state index >= 15 is 0 Å². The molecule has 2 aromatic heterocycles. The van der Waals surface area contributed by atoms with Crippen LogP contribution in [0.5, 0.6) is 0 Å². The molecule has 0 saturated heterocycles. The van der Waals surface area contributed by atoms with Crippen molar-refractivity contribution in [2.75, 3.05) is 0 Å². The van der Waals surface area contributed by atoms with Crippen LogP contribution < -0.4 is 5.32 Å². The second-order valence-electron chi connectivity index (χ2n) is 7.34. The van der Waals surface area contributed by atoms with Crippen molar-refractivity contribution in [3.05, 3.63) is 52.7 Å². The van der Waals surface area contributed by atoms with E-state index in [0.29, 0.717) is 12.8 Å². The molecule has 0 aliphatic heterocycles. The summed E-state index contributed by atoms with van der Waals surface area (Å²) in [4.78, 5) is 16.9. The molecule has 6 heteroatoms. The summed E-state index contributed by atoms with van der Waals surface area (Å²) in [6.45, 7) is 9.96. The lowest BCUT2D eigenvalue weighted by Gasteiger charge is -2.14. The van der Waals surface area contributed by atoms with Crippen LogP contribution in [0.25, 0.3) is 16.8 Å². The molecule has 3 aromatic rings. The molecule has 0 saturated carbocycles. The second-order valence-corrected chi connectivity index (χ2v) is 7.34. The number of nitrogens with one attached hydrogen (secondary N) is 1. The molecule has 0 bridgehead atoms. The van der Waals surface area contributed by atoms with E-state index in [0.717, 1.165) is 45.8 Å². The van der Waals surface area contributed by atoms with Crippen molar-refractivity contribution in [2.24, 2.45) is 0 Å². The first-order valence-corrected chi connectivity index (χ1v) is 9.72. The summed E-state index contributed by atoms with van der Waals surface area (Å²) in [5.41, 5.74) is 6.31. The number of hydrogen-bond donors (Lipinski definition) is 1. The number of aromatic nitrogens is 3. The second kappa shape index (κ2) is 8.09. The predicted molar refractivity (Wildman–Crippen MR) is 109 cm³/mol. The van der Waals surface area contributed by atoms with E-state index in [1.54, 1.807) is 12.1 Å². The molecule has 0 fully saturated rings. The van der Waals surface area contributed by atoms with Crippen molar-refractivity contribution in [1.29, 1.82) is 0 Å². The summed E-state index contributed by atoms with van der Waals surface area (Å²) in [5.74, 6) is -0.215. The van der Waals surface area contributed by atoms with Crippen molar-refractivity contribution in [1.82, 2.24) is 19.9 Å². The van der Waals surface area contributed by atoms with Crippen LogP contribution in [0.3, 0.4) is 0 Å². The lowest BCUT2D eigenvalue weighted by Crippen LogP contribution is -2.32. The van der Waals surface area contributed by atoms with Crippen LogP contribution in [0.1, 0.15) is 49.3 Å². The summed E-state index contributed by atoms with van der Waals surface area (Å²) in [5, 5.41) is 7.66. The van der Waals surface area contributed by atoms with E-state index in [2.05, 4.69) is 17.3 Å². The zero-order chi connectivity index (χ0) is 20.4. The molecule has 28 heavy (non-hydrogen) atoms. The fourth-order valence-electron chi connectivity index (χ4n) is 3.47. The van der Waals surface area contributed by atoms with Gasteiger partial charge in [-0.1, -0.05) is 19.1 Å². The summed E-state index contributed by atoms with van der Waals surface area (Å²) < 4.78 is 15.1. The fourth-order valence-corrected chi connectivity index (χ4v) is 3.47. The molecule has 1 atom stereocenters. The van der Waals surface area contributed by atoms with Crippen molar-refractivity contribution in [2.45, 2.75) is 59.9 Å².